The van der Waals surface area contributed by atoms with Crippen molar-refractivity contribution in [1.29, 1.82) is 0 Å². The predicted octanol–water partition coefficient (Wildman–Crippen LogP) is 4.47. The van der Waals surface area contributed by atoms with Gasteiger partial charge in [-0.3, -0.25) is 4.52 Å². The van der Waals surface area contributed by atoms with Gasteiger partial charge in [-0.1, -0.05) is 67.1 Å². The maximum absolute atomic E-state index is 10.8. The van der Waals surface area contributed by atoms with Crippen molar-refractivity contribution in [2.75, 3.05) is 6.61 Å². The van der Waals surface area contributed by atoms with Crippen molar-refractivity contribution in [3.05, 3.63) is 70.7 Å². The van der Waals surface area contributed by atoms with Crippen LogP contribution in [0.3, 0.4) is 0 Å². The van der Waals surface area contributed by atoms with Gasteiger partial charge in [0.1, 0.15) is 0 Å². The van der Waals surface area contributed by atoms with E-state index in [1.54, 1.807) is 0 Å². The van der Waals surface area contributed by atoms with Crippen LogP contribution in [0.1, 0.15) is 24.8 Å². The van der Waals surface area contributed by atoms with E-state index in [9.17, 15) is 4.57 Å². The van der Waals surface area contributed by atoms with Gasteiger partial charge in [-0.25, -0.2) is 9.56 Å². The highest BCUT2D eigenvalue weighted by atomic mass is 31.2. The fourth-order valence-corrected chi connectivity index (χ4v) is 4.81. The number of unbranched alkanes of at least 4 members (excludes halogenated alkanes) is 1. The van der Waals surface area contributed by atoms with Crippen LogP contribution in [0.25, 0.3) is 34.1 Å². The minimum Gasteiger partial charge on any atom is -0.303 e. The molecule has 1 unspecified atom stereocenters. The van der Waals surface area contributed by atoms with Crippen molar-refractivity contribution in [2.24, 2.45) is 10.9 Å². The van der Waals surface area contributed by atoms with Crippen LogP contribution in [0.2, 0.25) is 0 Å². The Morgan fingerprint density at radius 3 is 2.60 bits per heavy atom. The summed E-state index contributed by atoms with van der Waals surface area (Å²) in [5.41, 5.74) is 4.61. The van der Waals surface area contributed by atoms with Crippen molar-refractivity contribution in [2.45, 2.75) is 19.3 Å². The molecule has 0 amide bonds. The number of hydrogen-bond acceptors (Lipinski definition) is 3. The van der Waals surface area contributed by atoms with Crippen LogP contribution in [0.15, 0.2) is 59.6 Å². The van der Waals surface area contributed by atoms with E-state index in [-0.39, 0.29) is 12.5 Å². The minimum absolute atomic E-state index is 0.0714. The van der Waals surface area contributed by atoms with Gasteiger partial charge in [0.2, 0.25) is 0 Å². The van der Waals surface area contributed by atoms with Crippen LogP contribution in [-0.4, -0.2) is 16.4 Å². The molecule has 30 heavy (non-hydrogen) atoms. The SMILES string of the molecule is O=P(O)(O)OCCCCC1C=Cc2c(c3c(c4ccccc24)-c2ccccc2N=3)=C1. The van der Waals surface area contributed by atoms with Crippen molar-refractivity contribution >= 4 is 36.4 Å². The normalized spacial score (nSPS) is 16.5. The van der Waals surface area contributed by atoms with Crippen molar-refractivity contribution in [3.8, 4) is 11.1 Å². The number of benzene rings is 3. The van der Waals surface area contributed by atoms with Crippen LogP contribution >= 0.6 is 7.82 Å². The third-order valence-electron chi connectivity index (χ3n) is 5.76. The number of rotatable bonds is 6. The monoisotopic (exact) mass is 419 g/mol. The second-order valence-corrected chi connectivity index (χ2v) is 8.97. The molecular weight excluding hydrogens is 397 g/mol. The first-order chi connectivity index (χ1) is 14.5. The zero-order chi connectivity index (χ0) is 20.7. The molecule has 0 bridgehead atoms. The first-order valence-corrected chi connectivity index (χ1v) is 11.7. The zero-order valence-corrected chi connectivity index (χ0v) is 17.3. The number of fused-ring (bicyclic) bond motifs is 8. The Balaban J connectivity index is 1.52. The maximum Gasteiger partial charge on any atom is 0.469 e. The summed E-state index contributed by atoms with van der Waals surface area (Å²) in [6.45, 7) is 0.0714. The molecule has 0 spiro atoms. The van der Waals surface area contributed by atoms with E-state index >= 15 is 0 Å². The molecule has 0 saturated heterocycles. The second kappa shape index (κ2) is 7.60. The van der Waals surface area contributed by atoms with Crippen LogP contribution in [0.5, 0.6) is 0 Å². The molecule has 3 aromatic carbocycles. The molecule has 0 radical (unpaired) electrons. The smallest absolute Gasteiger partial charge is 0.303 e. The van der Waals surface area contributed by atoms with Gasteiger partial charge >= 0.3 is 7.82 Å². The molecule has 1 aliphatic carbocycles. The summed E-state index contributed by atoms with van der Waals surface area (Å²) in [6.07, 6.45) is 9.05. The molecule has 1 aliphatic heterocycles. The second-order valence-electron chi connectivity index (χ2n) is 7.73. The van der Waals surface area contributed by atoms with Gasteiger partial charge in [-0.15, -0.1) is 0 Å². The molecule has 152 valence electrons. The Morgan fingerprint density at radius 1 is 1.00 bits per heavy atom. The lowest BCUT2D eigenvalue weighted by Crippen LogP contribution is -2.31. The summed E-state index contributed by atoms with van der Waals surface area (Å²) in [6, 6.07) is 16.8. The first-order valence-electron chi connectivity index (χ1n) is 10.1. The van der Waals surface area contributed by atoms with Crippen LogP contribution in [0, 0.1) is 5.92 Å². The number of hydrogen-bond donors (Lipinski definition) is 2. The van der Waals surface area contributed by atoms with Crippen LogP contribution in [0.4, 0.5) is 5.69 Å². The number of phosphoric acid groups is 1. The van der Waals surface area contributed by atoms with Gasteiger partial charge in [0.25, 0.3) is 0 Å². The molecule has 0 fully saturated rings. The highest BCUT2D eigenvalue weighted by Gasteiger charge is 2.21. The lowest BCUT2D eigenvalue weighted by molar-refractivity contribution is 0.193. The molecule has 3 aromatic rings. The van der Waals surface area contributed by atoms with Gasteiger partial charge in [-0.05, 0) is 41.2 Å². The Morgan fingerprint density at radius 2 is 1.77 bits per heavy atom. The minimum atomic E-state index is -4.38. The third-order valence-corrected chi connectivity index (χ3v) is 6.28. The van der Waals surface area contributed by atoms with Gasteiger partial charge in [-0.2, -0.15) is 0 Å². The summed E-state index contributed by atoms with van der Waals surface area (Å²) in [5, 5.41) is 4.69. The third kappa shape index (κ3) is 3.55. The van der Waals surface area contributed by atoms with Gasteiger partial charge in [0.15, 0.2) is 0 Å². The van der Waals surface area contributed by atoms with Gasteiger partial charge < -0.3 is 9.79 Å². The van der Waals surface area contributed by atoms with E-state index in [2.05, 4.69) is 65.2 Å². The fraction of sp³-hybridized carbons (Fsp3) is 0.208. The van der Waals surface area contributed by atoms with E-state index in [1.165, 1.54) is 32.7 Å². The first kappa shape index (κ1) is 19.4. The zero-order valence-electron chi connectivity index (χ0n) is 16.4. The largest absolute Gasteiger partial charge is 0.469 e. The molecular formula is C24H22NO4P. The molecule has 0 saturated carbocycles. The highest BCUT2D eigenvalue weighted by molar-refractivity contribution is 7.46. The standard InChI is InChI=1S/C24H22NO4P/c26-30(27,28)29-14-6-5-7-16-12-13-18-17-8-1-2-9-19(17)23-20-10-3-4-11-22(20)25-24(23)21(18)15-16/h1-4,8-13,15-16H,5-7,14H2,(H2,26,27,28). The molecule has 6 heteroatoms. The molecule has 5 rings (SSSR count). The van der Waals surface area contributed by atoms with Crippen LogP contribution < -0.4 is 10.6 Å². The Kier molecular flexibility index (Phi) is 4.92. The highest BCUT2D eigenvalue weighted by Crippen LogP contribution is 2.38. The molecule has 2 N–H and O–H groups in total. The van der Waals surface area contributed by atoms with Crippen molar-refractivity contribution < 1.29 is 18.9 Å². The van der Waals surface area contributed by atoms with Crippen molar-refractivity contribution in [1.82, 2.24) is 0 Å². The van der Waals surface area contributed by atoms with Crippen LogP contribution in [-0.2, 0) is 9.09 Å². The van der Waals surface area contributed by atoms with Gasteiger partial charge in [0, 0.05) is 16.3 Å². The summed E-state index contributed by atoms with van der Waals surface area (Å²) in [5.74, 6) is 0.261. The Hall–Kier alpha value is -2.56. The van der Waals surface area contributed by atoms with Gasteiger partial charge in [0.05, 0.1) is 17.7 Å². The number of para-hydroxylation sites is 1. The quantitative estimate of drug-likeness (QED) is 0.357. The molecule has 1 atom stereocenters. The lowest BCUT2D eigenvalue weighted by atomic mass is 9.88. The number of phosphoric ester groups is 1. The summed E-state index contributed by atoms with van der Waals surface area (Å²) >= 11 is 0. The maximum atomic E-state index is 10.8. The summed E-state index contributed by atoms with van der Waals surface area (Å²) < 4.78 is 15.3. The molecule has 5 nitrogen and oxygen atoms in total. The number of nitrogens with zero attached hydrogens (tertiary/aromatic N) is 1. The van der Waals surface area contributed by atoms with E-state index in [4.69, 9.17) is 14.8 Å². The predicted molar refractivity (Wildman–Crippen MR) is 119 cm³/mol. The molecule has 0 aromatic heterocycles. The Bertz CT molecular complexity index is 1340. The summed E-state index contributed by atoms with van der Waals surface area (Å²) in [7, 11) is -4.38. The lowest BCUT2D eigenvalue weighted by Gasteiger charge is -2.16. The molecule has 2 aliphatic rings. The van der Waals surface area contributed by atoms with E-state index in [1.807, 2.05) is 6.07 Å². The van der Waals surface area contributed by atoms with E-state index < -0.39 is 7.82 Å². The Labute approximate surface area is 174 Å². The number of allylic oxidation sites excluding steroid dienone is 1. The van der Waals surface area contributed by atoms with Crippen molar-refractivity contribution in [3.63, 3.8) is 0 Å². The molecule has 1 heterocycles. The average molecular weight is 419 g/mol. The fourth-order valence-electron chi connectivity index (χ4n) is 4.45. The topological polar surface area (TPSA) is 79.1 Å². The average Bonchev–Trinajstić information content (AvgIpc) is 3.13. The summed E-state index contributed by atoms with van der Waals surface area (Å²) in [4.78, 5) is 22.6. The van der Waals surface area contributed by atoms with E-state index in [0.717, 1.165) is 23.9 Å². The van der Waals surface area contributed by atoms with E-state index in [0.29, 0.717) is 6.42 Å².